The minimum absolute atomic E-state index is 0.254. The molecule has 21 heavy (non-hydrogen) atoms. The van der Waals surface area contributed by atoms with Gasteiger partial charge in [-0.15, -0.1) is 0 Å². The number of esters is 1. The molecule has 2 amide bonds. The highest BCUT2D eigenvalue weighted by Gasteiger charge is 2.51. The van der Waals surface area contributed by atoms with E-state index in [1.54, 1.807) is 29.2 Å². The van der Waals surface area contributed by atoms with Crippen molar-refractivity contribution in [2.24, 2.45) is 0 Å². The van der Waals surface area contributed by atoms with Crippen LogP contribution in [0.25, 0.3) is 0 Å². The van der Waals surface area contributed by atoms with Crippen LogP contribution in [0.15, 0.2) is 24.3 Å². The zero-order valence-corrected chi connectivity index (χ0v) is 12.4. The van der Waals surface area contributed by atoms with E-state index in [2.05, 4.69) is 5.32 Å². The van der Waals surface area contributed by atoms with Gasteiger partial charge in [-0.1, -0.05) is 24.4 Å². The van der Waals surface area contributed by atoms with Crippen molar-refractivity contribution in [1.82, 2.24) is 4.90 Å². The number of rotatable bonds is 1. The average molecular weight is 309 g/mol. The summed E-state index contributed by atoms with van der Waals surface area (Å²) >= 11 is 5.83. The third-order valence-corrected chi connectivity index (χ3v) is 4.47. The normalized spacial score (nSPS) is 20.4. The molecule has 1 aromatic rings. The van der Waals surface area contributed by atoms with Crippen LogP contribution in [0.3, 0.4) is 0 Å². The van der Waals surface area contributed by atoms with Crippen LogP contribution in [-0.4, -0.2) is 35.6 Å². The number of benzene rings is 1. The average Bonchev–Trinajstić information content (AvgIpc) is 2.95. The zero-order chi connectivity index (χ0) is 14.9. The Morgan fingerprint density at radius 2 is 1.90 bits per heavy atom. The van der Waals surface area contributed by atoms with E-state index in [9.17, 15) is 9.59 Å². The van der Waals surface area contributed by atoms with Crippen LogP contribution >= 0.6 is 11.6 Å². The van der Waals surface area contributed by atoms with Crippen molar-refractivity contribution in [3.05, 3.63) is 29.3 Å². The molecule has 0 aromatic heterocycles. The minimum atomic E-state index is -0.769. The van der Waals surface area contributed by atoms with E-state index < -0.39 is 5.54 Å². The maximum atomic E-state index is 12.5. The number of anilines is 1. The van der Waals surface area contributed by atoms with Crippen molar-refractivity contribution in [1.29, 1.82) is 0 Å². The molecule has 0 bridgehead atoms. The summed E-state index contributed by atoms with van der Waals surface area (Å²) in [6, 6.07) is 6.66. The van der Waals surface area contributed by atoms with E-state index in [1.807, 2.05) is 0 Å². The molecule has 2 aliphatic rings. The van der Waals surface area contributed by atoms with Gasteiger partial charge in [-0.25, -0.2) is 9.59 Å². The summed E-state index contributed by atoms with van der Waals surface area (Å²) in [6.45, 7) is 0.694. The van der Waals surface area contributed by atoms with Crippen molar-refractivity contribution in [3.8, 4) is 0 Å². The molecule has 1 aliphatic carbocycles. The van der Waals surface area contributed by atoms with Gasteiger partial charge >= 0.3 is 12.0 Å². The number of amides is 2. The monoisotopic (exact) mass is 308 g/mol. The number of nitrogens with one attached hydrogen (secondary N) is 1. The molecule has 2 fully saturated rings. The molecule has 6 heteroatoms. The van der Waals surface area contributed by atoms with Gasteiger partial charge < -0.3 is 15.0 Å². The molecule has 1 saturated carbocycles. The zero-order valence-electron chi connectivity index (χ0n) is 11.6. The van der Waals surface area contributed by atoms with Gasteiger partial charge in [0, 0.05) is 10.7 Å². The van der Waals surface area contributed by atoms with Gasteiger partial charge in [-0.3, -0.25) is 0 Å². The van der Waals surface area contributed by atoms with Crippen LogP contribution in [0.5, 0.6) is 0 Å². The number of carbonyl (C=O) groups excluding carboxylic acids is 2. The molecule has 0 unspecified atom stereocenters. The van der Waals surface area contributed by atoms with Crippen molar-refractivity contribution in [2.45, 2.75) is 31.2 Å². The molecule has 1 N–H and O–H groups in total. The number of hydrogen-bond acceptors (Lipinski definition) is 3. The van der Waals surface area contributed by atoms with Crippen molar-refractivity contribution in [3.63, 3.8) is 0 Å². The van der Waals surface area contributed by atoms with E-state index in [-0.39, 0.29) is 18.6 Å². The van der Waals surface area contributed by atoms with Gasteiger partial charge in [0.2, 0.25) is 0 Å². The summed E-state index contributed by atoms with van der Waals surface area (Å²) in [5.74, 6) is -0.266. The summed E-state index contributed by atoms with van der Waals surface area (Å²) in [6.07, 6.45) is 3.25. The molecular weight excluding hydrogens is 292 g/mol. The Morgan fingerprint density at radius 1 is 1.24 bits per heavy atom. The first-order valence-corrected chi connectivity index (χ1v) is 7.51. The number of carbonyl (C=O) groups is 2. The maximum absolute atomic E-state index is 12.5. The molecule has 0 atom stereocenters. The highest BCUT2D eigenvalue weighted by atomic mass is 35.5. The number of cyclic esters (lactones) is 1. The van der Waals surface area contributed by atoms with Crippen LogP contribution in [0.2, 0.25) is 5.02 Å². The van der Waals surface area contributed by atoms with E-state index in [0.717, 1.165) is 12.8 Å². The third kappa shape index (κ3) is 2.58. The Balaban J connectivity index is 1.79. The van der Waals surface area contributed by atoms with E-state index >= 15 is 0 Å². The van der Waals surface area contributed by atoms with Crippen LogP contribution in [0, 0.1) is 0 Å². The topological polar surface area (TPSA) is 58.6 Å². The Hall–Kier alpha value is -1.75. The van der Waals surface area contributed by atoms with E-state index in [4.69, 9.17) is 16.3 Å². The van der Waals surface area contributed by atoms with Crippen molar-refractivity contribution in [2.75, 3.05) is 18.5 Å². The summed E-state index contributed by atoms with van der Waals surface area (Å²) < 4.78 is 5.18. The standard InChI is InChI=1S/C15H17ClN2O3/c16-11-3-5-12(6-4-11)17-14(20)18-9-10-21-13(19)15(18)7-1-2-8-15/h3-6H,1-2,7-10H2,(H,17,20). The fourth-order valence-electron chi connectivity index (χ4n) is 3.14. The lowest BCUT2D eigenvalue weighted by Crippen LogP contribution is -2.61. The number of nitrogens with zero attached hydrogens (tertiary/aromatic N) is 1. The van der Waals surface area contributed by atoms with Gasteiger partial charge in [0.1, 0.15) is 12.1 Å². The fourth-order valence-corrected chi connectivity index (χ4v) is 3.27. The quantitative estimate of drug-likeness (QED) is 0.811. The first kappa shape index (κ1) is 14.2. The van der Waals surface area contributed by atoms with Gasteiger partial charge in [-0.05, 0) is 37.1 Å². The number of ether oxygens (including phenoxy) is 1. The molecule has 1 spiro atoms. The second-order valence-corrected chi connectivity index (χ2v) is 5.90. The molecule has 5 nitrogen and oxygen atoms in total. The SMILES string of the molecule is O=C(Nc1ccc(Cl)cc1)N1CCOC(=O)C12CCCC2. The Labute approximate surface area is 128 Å². The van der Waals surface area contributed by atoms with Crippen LogP contribution in [0.4, 0.5) is 10.5 Å². The lowest BCUT2D eigenvalue weighted by Gasteiger charge is -2.42. The molecular formula is C15H17ClN2O3. The molecule has 1 heterocycles. The minimum Gasteiger partial charge on any atom is -0.462 e. The first-order chi connectivity index (χ1) is 10.1. The van der Waals surface area contributed by atoms with E-state index in [1.165, 1.54) is 0 Å². The number of halogens is 1. The lowest BCUT2D eigenvalue weighted by atomic mass is 9.94. The first-order valence-electron chi connectivity index (χ1n) is 7.13. The predicted octanol–water partition coefficient (Wildman–Crippen LogP) is 3.04. The molecule has 1 saturated heterocycles. The number of morpholine rings is 1. The molecule has 1 aliphatic heterocycles. The van der Waals surface area contributed by atoms with Gasteiger partial charge in [0.25, 0.3) is 0 Å². The van der Waals surface area contributed by atoms with Crippen LogP contribution in [-0.2, 0) is 9.53 Å². The van der Waals surface area contributed by atoms with Gasteiger partial charge in [-0.2, -0.15) is 0 Å². The predicted molar refractivity (Wildman–Crippen MR) is 79.3 cm³/mol. The number of hydrogen-bond donors (Lipinski definition) is 1. The van der Waals surface area contributed by atoms with Crippen LogP contribution < -0.4 is 5.32 Å². The van der Waals surface area contributed by atoms with Crippen molar-refractivity contribution >= 4 is 29.3 Å². The van der Waals surface area contributed by atoms with E-state index in [0.29, 0.717) is 30.1 Å². The second-order valence-electron chi connectivity index (χ2n) is 5.46. The lowest BCUT2D eigenvalue weighted by molar-refractivity contribution is -0.164. The summed E-state index contributed by atoms with van der Waals surface area (Å²) in [4.78, 5) is 26.3. The van der Waals surface area contributed by atoms with Gasteiger partial charge in [0.05, 0.1) is 6.54 Å². The van der Waals surface area contributed by atoms with Gasteiger partial charge in [0.15, 0.2) is 0 Å². The van der Waals surface area contributed by atoms with Crippen LogP contribution in [0.1, 0.15) is 25.7 Å². The highest BCUT2D eigenvalue weighted by molar-refractivity contribution is 6.30. The highest BCUT2D eigenvalue weighted by Crippen LogP contribution is 2.38. The third-order valence-electron chi connectivity index (χ3n) is 4.22. The Kier molecular flexibility index (Phi) is 3.76. The molecule has 3 rings (SSSR count). The second kappa shape index (κ2) is 5.56. The summed E-state index contributed by atoms with van der Waals surface area (Å²) in [5, 5.41) is 3.44. The Bertz CT molecular complexity index is 553. The number of urea groups is 1. The Morgan fingerprint density at radius 3 is 2.57 bits per heavy atom. The summed E-state index contributed by atoms with van der Waals surface area (Å²) in [7, 11) is 0. The molecule has 0 radical (unpaired) electrons. The maximum Gasteiger partial charge on any atom is 0.332 e. The largest absolute Gasteiger partial charge is 0.462 e. The summed E-state index contributed by atoms with van der Waals surface area (Å²) in [5.41, 5.74) is -0.106. The molecule has 112 valence electrons. The fraction of sp³-hybridized carbons (Fsp3) is 0.467. The smallest absolute Gasteiger partial charge is 0.332 e. The van der Waals surface area contributed by atoms with Crippen molar-refractivity contribution < 1.29 is 14.3 Å². The molecule has 1 aromatic carbocycles.